The van der Waals surface area contributed by atoms with Crippen LogP contribution < -0.4 is 5.32 Å². The quantitative estimate of drug-likeness (QED) is 0.682. The van der Waals surface area contributed by atoms with Gasteiger partial charge in [-0.05, 0) is 61.9 Å². The van der Waals surface area contributed by atoms with E-state index >= 15 is 0 Å². The first-order chi connectivity index (χ1) is 8.61. The van der Waals surface area contributed by atoms with E-state index in [1.165, 1.54) is 18.4 Å². The van der Waals surface area contributed by atoms with Crippen LogP contribution in [0.4, 0.5) is 0 Å². The lowest BCUT2D eigenvalue weighted by molar-refractivity contribution is 0.385. The van der Waals surface area contributed by atoms with Crippen molar-refractivity contribution in [2.24, 2.45) is 11.8 Å². The van der Waals surface area contributed by atoms with Crippen molar-refractivity contribution in [2.45, 2.75) is 40.0 Å². The molecule has 0 heterocycles. The van der Waals surface area contributed by atoms with Crippen molar-refractivity contribution in [3.05, 3.63) is 34.9 Å². The van der Waals surface area contributed by atoms with Crippen molar-refractivity contribution in [1.29, 1.82) is 0 Å². The highest BCUT2D eigenvalue weighted by atomic mass is 35.5. The van der Waals surface area contributed by atoms with Crippen molar-refractivity contribution in [3.8, 4) is 0 Å². The third-order valence-electron chi connectivity index (χ3n) is 3.10. The molecule has 1 N–H and O–H groups in total. The van der Waals surface area contributed by atoms with Crippen molar-refractivity contribution < 1.29 is 0 Å². The fourth-order valence-corrected chi connectivity index (χ4v) is 2.47. The van der Waals surface area contributed by atoms with E-state index in [0.717, 1.165) is 36.4 Å². The van der Waals surface area contributed by atoms with Crippen LogP contribution in [0, 0.1) is 11.8 Å². The minimum Gasteiger partial charge on any atom is -0.316 e. The van der Waals surface area contributed by atoms with Crippen LogP contribution in [-0.2, 0) is 6.42 Å². The van der Waals surface area contributed by atoms with E-state index in [1.54, 1.807) is 0 Å². The summed E-state index contributed by atoms with van der Waals surface area (Å²) in [5, 5.41) is 4.37. The molecular weight excluding hydrogens is 242 g/mol. The summed E-state index contributed by atoms with van der Waals surface area (Å²) in [5.41, 5.74) is 1.39. The third kappa shape index (κ3) is 6.42. The molecule has 0 saturated heterocycles. The van der Waals surface area contributed by atoms with E-state index in [1.807, 2.05) is 12.1 Å². The number of nitrogens with one attached hydrogen (secondary N) is 1. The van der Waals surface area contributed by atoms with Gasteiger partial charge in [-0.15, -0.1) is 0 Å². The van der Waals surface area contributed by atoms with Gasteiger partial charge in [0.15, 0.2) is 0 Å². The molecule has 1 unspecified atom stereocenters. The molecule has 1 aromatic rings. The van der Waals surface area contributed by atoms with Crippen LogP contribution in [0.1, 0.15) is 39.2 Å². The first-order valence-corrected chi connectivity index (χ1v) is 7.44. The van der Waals surface area contributed by atoms with Crippen molar-refractivity contribution >= 4 is 11.6 Å². The molecule has 2 heteroatoms. The van der Waals surface area contributed by atoms with Crippen LogP contribution in [0.5, 0.6) is 0 Å². The standard InChI is InChI=1S/C16H26ClN/c1-4-9-18-12-15(10-13(2)3)11-14-5-7-16(17)8-6-14/h5-8,13,15,18H,4,9-12H2,1-3H3. The van der Waals surface area contributed by atoms with E-state index in [4.69, 9.17) is 11.6 Å². The smallest absolute Gasteiger partial charge is 0.0406 e. The van der Waals surface area contributed by atoms with Crippen molar-refractivity contribution in [3.63, 3.8) is 0 Å². The average Bonchev–Trinajstić information content (AvgIpc) is 2.31. The van der Waals surface area contributed by atoms with Gasteiger partial charge in [-0.1, -0.05) is 44.5 Å². The van der Waals surface area contributed by atoms with Crippen LogP contribution in [0.25, 0.3) is 0 Å². The van der Waals surface area contributed by atoms with Gasteiger partial charge in [0.1, 0.15) is 0 Å². The average molecular weight is 268 g/mol. The van der Waals surface area contributed by atoms with Gasteiger partial charge >= 0.3 is 0 Å². The first-order valence-electron chi connectivity index (χ1n) is 7.07. The number of halogens is 1. The van der Waals surface area contributed by atoms with E-state index in [0.29, 0.717) is 0 Å². The Kier molecular flexibility index (Phi) is 7.38. The molecule has 1 rings (SSSR count). The second-order valence-corrected chi connectivity index (χ2v) is 5.97. The van der Waals surface area contributed by atoms with Crippen LogP contribution >= 0.6 is 11.6 Å². The lowest BCUT2D eigenvalue weighted by Gasteiger charge is -2.19. The van der Waals surface area contributed by atoms with Gasteiger partial charge in [-0.3, -0.25) is 0 Å². The maximum atomic E-state index is 5.92. The summed E-state index contributed by atoms with van der Waals surface area (Å²) < 4.78 is 0. The Labute approximate surface area is 117 Å². The van der Waals surface area contributed by atoms with Gasteiger partial charge in [-0.2, -0.15) is 0 Å². The molecule has 0 spiro atoms. The predicted molar refractivity (Wildman–Crippen MR) is 81.3 cm³/mol. The minimum absolute atomic E-state index is 0.720. The lowest BCUT2D eigenvalue weighted by atomic mass is 9.91. The van der Waals surface area contributed by atoms with Gasteiger partial charge in [0.2, 0.25) is 0 Å². The molecule has 0 aliphatic carbocycles. The van der Waals surface area contributed by atoms with Gasteiger partial charge < -0.3 is 5.32 Å². The molecule has 0 aliphatic rings. The summed E-state index contributed by atoms with van der Waals surface area (Å²) in [6, 6.07) is 8.27. The minimum atomic E-state index is 0.720. The maximum absolute atomic E-state index is 5.92. The zero-order valence-electron chi connectivity index (χ0n) is 11.9. The molecule has 1 aromatic carbocycles. The summed E-state index contributed by atoms with van der Waals surface area (Å²) in [7, 11) is 0. The van der Waals surface area contributed by atoms with E-state index < -0.39 is 0 Å². The van der Waals surface area contributed by atoms with E-state index in [-0.39, 0.29) is 0 Å². The van der Waals surface area contributed by atoms with Crippen molar-refractivity contribution in [1.82, 2.24) is 5.32 Å². The molecule has 0 amide bonds. The summed E-state index contributed by atoms with van der Waals surface area (Å²) in [4.78, 5) is 0. The molecular formula is C16H26ClN. The SMILES string of the molecule is CCCNCC(Cc1ccc(Cl)cc1)CC(C)C. The molecule has 102 valence electrons. The van der Waals surface area contributed by atoms with Gasteiger partial charge in [-0.25, -0.2) is 0 Å². The first kappa shape index (κ1) is 15.5. The second kappa shape index (κ2) is 8.55. The molecule has 1 nitrogen and oxygen atoms in total. The Morgan fingerprint density at radius 3 is 2.39 bits per heavy atom. The second-order valence-electron chi connectivity index (χ2n) is 5.53. The highest BCUT2D eigenvalue weighted by molar-refractivity contribution is 6.30. The Balaban J connectivity index is 2.51. The fourth-order valence-electron chi connectivity index (χ4n) is 2.34. The normalized spacial score (nSPS) is 12.9. The number of hydrogen-bond donors (Lipinski definition) is 1. The fraction of sp³-hybridized carbons (Fsp3) is 0.625. The van der Waals surface area contributed by atoms with Crippen LogP contribution in [0.3, 0.4) is 0 Å². The van der Waals surface area contributed by atoms with Gasteiger partial charge in [0.25, 0.3) is 0 Å². The molecule has 0 aromatic heterocycles. The van der Waals surface area contributed by atoms with Crippen LogP contribution in [0.2, 0.25) is 5.02 Å². The summed E-state index contributed by atoms with van der Waals surface area (Å²) in [5.74, 6) is 1.48. The van der Waals surface area contributed by atoms with E-state index in [2.05, 4.69) is 38.2 Å². The van der Waals surface area contributed by atoms with Crippen molar-refractivity contribution in [2.75, 3.05) is 13.1 Å². The maximum Gasteiger partial charge on any atom is 0.0406 e. The Morgan fingerprint density at radius 1 is 1.17 bits per heavy atom. The molecule has 0 saturated carbocycles. The highest BCUT2D eigenvalue weighted by Crippen LogP contribution is 2.18. The number of benzene rings is 1. The van der Waals surface area contributed by atoms with Crippen LogP contribution in [-0.4, -0.2) is 13.1 Å². The largest absolute Gasteiger partial charge is 0.316 e. The summed E-state index contributed by atoms with van der Waals surface area (Å²) in [6.45, 7) is 9.05. The van der Waals surface area contributed by atoms with Gasteiger partial charge in [0, 0.05) is 5.02 Å². The third-order valence-corrected chi connectivity index (χ3v) is 3.35. The highest BCUT2D eigenvalue weighted by Gasteiger charge is 2.11. The van der Waals surface area contributed by atoms with Gasteiger partial charge in [0.05, 0.1) is 0 Å². The lowest BCUT2D eigenvalue weighted by Crippen LogP contribution is -2.26. The Morgan fingerprint density at radius 2 is 1.83 bits per heavy atom. The summed E-state index contributed by atoms with van der Waals surface area (Å²) >= 11 is 5.92. The Hall–Kier alpha value is -0.530. The predicted octanol–water partition coefficient (Wildman–Crippen LogP) is 4.54. The molecule has 18 heavy (non-hydrogen) atoms. The summed E-state index contributed by atoms with van der Waals surface area (Å²) in [6.07, 6.45) is 3.63. The molecule has 0 fully saturated rings. The molecule has 0 aliphatic heterocycles. The van der Waals surface area contributed by atoms with E-state index in [9.17, 15) is 0 Å². The Bertz CT molecular complexity index is 318. The molecule has 1 atom stereocenters. The zero-order chi connectivity index (χ0) is 13.4. The molecule has 0 radical (unpaired) electrons. The monoisotopic (exact) mass is 267 g/mol. The van der Waals surface area contributed by atoms with Crippen LogP contribution in [0.15, 0.2) is 24.3 Å². The number of rotatable bonds is 8. The number of hydrogen-bond acceptors (Lipinski definition) is 1. The zero-order valence-corrected chi connectivity index (χ0v) is 12.6. The molecule has 0 bridgehead atoms. The topological polar surface area (TPSA) is 12.0 Å².